The van der Waals surface area contributed by atoms with Crippen LogP contribution in [0.2, 0.25) is 0 Å². The number of carbonyl (C=O) groups excluding carboxylic acids is 1. The Labute approximate surface area is 118 Å². The van der Waals surface area contributed by atoms with Gasteiger partial charge in [0.05, 0.1) is 6.42 Å². The van der Waals surface area contributed by atoms with Gasteiger partial charge in [-0.1, -0.05) is 6.07 Å². The molecule has 0 spiro atoms. The Balaban J connectivity index is 1.67. The van der Waals surface area contributed by atoms with E-state index in [9.17, 15) is 4.79 Å². The summed E-state index contributed by atoms with van der Waals surface area (Å²) in [6, 6.07) is 9.65. The lowest BCUT2D eigenvalue weighted by atomic mass is 9.92. The molecule has 1 aliphatic rings. The lowest BCUT2D eigenvalue weighted by Gasteiger charge is -2.16. The standard InChI is InChI=1S/C17H17NO2/c19-17(11-13-7-9-18-10-8-13)20-16-6-5-14-3-1-2-4-15(14)12-16/h5-10,12H,1-4,11H2. The number of esters is 1. The van der Waals surface area contributed by atoms with Crippen LogP contribution in [0.15, 0.2) is 42.7 Å². The number of aromatic nitrogens is 1. The molecule has 1 heterocycles. The van der Waals surface area contributed by atoms with Crippen molar-refractivity contribution >= 4 is 5.97 Å². The molecule has 1 aromatic carbocycles. The van der Waals surface area contributed by atoms with Gasteiger partial charge in [-0.05, 0) is 66.6 Å². The van der Waals surface area contributed by atoms with Gasteiger partial charge in [0.25, 0.3) is 0 Å². The van der Waals surface area contributed by atoms with Gasteiger partial charge in [0, 0.05) is 12.4 Å². The number of nitrogens with zero attached hydrogens (tertiary/aromatic N) is 1. The molecular formula is C17H17NO2. The zero-order valence-electron chi connectivity index (χ0n) is 11.3. The molecule has 1 aromatic heterocycles. The molecule has 0 bridgehead atoms. The van der Waals surface area contributed by atoms with E-state index in [0.29, 0.717) is 5.75 Å². The van der Waals surface area contributed by atoms with Gasteiger partial charge in [0.15, 0.2) is 0 Å². The van der Waals surface area contributed by atoms with Gasteiger partial charge in [-0.3, -0.25) is 9.78 Å². The lowest BCUT2D eigenvalue weighted by Crippen LogP contribution is -2.12. The summed E-state index contributed by atoms with van der Waals surface area (Å²) >= 11 is 0. The van der Waals surface area contributed by atoms with E-state index in [1.54, 1.807) is 12.4 Å². The average Bonchev–Trinajstić information content (AvgIpc) is 2.48. The molecule has 3 rings (SSSR count). The Bertz CT molecular complexity index is 608. The molecule has 20 heavy (non-hydrogen) atoms. The first kappa shape index (κ1) is 12.9. The molecule has 0 radical (unpaired) electrons. The molecule has 3 heteroatoms. The van der Waals surface area contributed by atoms with E-state index < -0.39 is 0 Å². The van der Waals surface area contributed by atoms with Crippen LogP contribution in [-0.4, -0.2) is 11.0 Å². The fourth-order valence-electron chi connectivity index (χ4n) is 2.61. The Morgan fingerprint density at radius 2 is 1.80 bits per heavy atom. The predicted octanol–water partition coefficient (Wildman–Crippen LogP) is 3.11. The highest BCUT2D eigenvalue weighted by Gasteiger charge is 2.12. The number of pyridine rings is 1. The molecule has 3 nitrogen and oxygen atoms in total. The highest BCUT2D eigenvalue weighted by Crippen LogP contribution is 2.25. The third-order valence-electron chi connectivity index (χ3n) is 3.65. The van der Waals surface area contributed by atoms with Gasteiger partial charge in [0.2, 0.25) is 0 Å². The van der Waals surface area contributed by atoms with Crippen LogP contribution >= 0.6 is 0 Å². The van der Waals surface area contributed by atoms with Crippen molar-refractivity contribution in [2.75, 3.05) is 0 Å². The Hall–Kier alpha value is -2.16. The van der Waals surface area contributed by atoms with Crippen molar-refractivity contribution in [3.8, 4) is 5.75 Å². The zero-order chi connectivity index (χ0) is 13.8. The van der Waals surface area contributed by atoms with Crippen LogP contribution in [0.3, 0.4) is 0 Å². The molecule has 0 N–H and O–H groups in total. The summed E-state index contributed by atoms with van der Waals surface area (Å²) < 4.78 is 5.43. The van der Waals surface area contributed by atoms with Gasteiger partial charge in [-0.25, -0.2) is 0 Å². The van der Waals surface area contributed by atoms with Crippen LogP contribution in [0.5, 0.6) is 5.75 Å². The van der Waals surface area contributed by atoms with Crippen molar-refractivity contribution < 1.29 is 9.53 Å². The molecule has 0 fully saturated rings. The van der Waals surface area contributed by atoms with Crippen molar-refractivity contribution in [2.45, 2.75) is 32.1 Å². The Kier molecular flexibility index (Phi) is 3.77. The van der Waals surface area contributed by atoms with Crippen molar-refractivity contribution in [3.05, 3.63) is 59.4 Å². The predicted molar refractivity (Wildman–Crippen MR) is 76.7 cm³/mol. The molecule has 0 atom stereocenters. The highest BCUT2D eigenvalue weighted by atomic mass is 16.5. The van der Waals surface area contributed by atoms with E-state index in [1.807, 2.05) is 24.3 Å². The van der Waals surface area contributed by atoms with E-state index in [1.165, 1.54) is 24.0 Å². The van der Waals surface area contributed by atoms with E-state index in [4.69, 9.17) is 4.74 Å². The summed E-state index contributed by atoms with van der Waals surface area (Å²) in [7, 11) is 0. The fourth-order valence-corrected chi connectivity index (χ4v) is 2.61. The van der Waals surface area contributed by atoms with Crippen molar-refractivity contribution in [1.29, 1.82) is 0 Å². The minimum absolute atomic E-state index is 0.230. The van der Waals surface area contributed by atoms with E-state index >= 15 is 0 Å². The van der Waals surface area contributed by atoms with Gasteiger partial charge in [-0.15, -0.1) is 0 Å². The summed E-state index contributed by atoms with van der Waals surface area (Å²) in [6.45, 7) is 0. The summed E-state index contributed by atoms with van der Waals surface area (Å²) in [5, 5.41) is 0. The minimum atomic E-state index is -0.230. The quantitative estimate of drug-likeness (QED) is 0.633. The van der Waals surface area contributed by atoms with Gasteiger partial charge in [-0.2, -0.15) is 0 Å². The summed E-state index contributed by atoms with van der Waals surface area (Å²) in [6.07, 6.45) is 8.35. The fraction of sp³-hybridized carbons (Fsp3) is 0.294. The average molecular weight is 267 g/mol. The summed E-state index contributed by atoms with van der Waals surface area (Å²) in [5.41, 5.74) is 3.64. The molecule has 0 saturated heterocycles. The van der Waals surface area contributed by atoms with Crippen LogP contribution in [0.25, 0.3) is 0 Å². The smallest absolute Gasteiger partial charge is 0.315 e. The number of aryl methyl sites for hydroxylation is 2. The molecule has 0 aliphatic heterocycles. The number of rotatable bonds is 3. The number of carbonyl (C=O) groups is 1. The second kappa shape index (κ2) is 5.87. The van der Waals surface area contributed by atoms with Gasteiger partial charge >= 0.3 is 5.97 Å². The zero-order valence-corrected chi connectivity index (χ0v) is 11.3. The second-order valence-corrected chi connectivity index (χ2v) is 5.14. The van der Waals surface area contributed by atoms with Crippen LogP contribution in [0, 0.1) is 0 Å². The molecule has 0 unspecified atom stereocenters. The molecule has 0 amide bonds. The Morgan fingerprint density at radius 1 is 1.05 bits per heavy atom. The number of ether oxygens (including phenoxy) is 1. The number of hydrogen-bond donors (Lipinski definition) is 0. The maximum atomic E-state index is 11.9. The Morgan fingerprint density at radius 3 is 2.60 bits per heavy atom. The van der Waals surface area contributed by atoms with E-state index in [-0.39, 0.29) is 12.4 Å². The monoisotopic (exact) mass is 267 g/mol. The first-order valence-electron chi connectivity index (χ1n) is 7.03. The maximum Gasteiger partial charge on any atom is 0.315 e. The highest BCUT2D eigenvalue weighted by molar-refractivity contribution is 5.75. The van der Waals surface area contributed by atoms with Crippen LogP contribution in [-0.2, 0) is 24.1 Å². The molecule has 102 valence electrons. The van der Waals surface area contributed by atoms with Crippen LogP contribution < -0.4 is 4.74 Å². The first-order chi connectivity index (χ1) is 9.81. The molecule has 2 aromatic rings. The largest absolute Gasteiger partial charge is 0.426 e. The van der Waals surface area contributed by atoms with Crippen molar-refractivity contribution in [1.82, 2.24) is 4.98 Å². The lowest BCUT2D eigenvalue weighted by molar-refractivity contribution is -0.133. The molecule has 1 aliphatic carbocycles. The first-order valence-corrected chi connectivity index (χ1v) is 7.03. The van der Waals surface area contributed by atoms with E-state index in [2.05, 4.69) is 11.1 Å². The van der Waals surface area contributed by atoms with Gasteiger partial charge in [0.1, 0.15) is 5.75 Å². The number of benzene rings is 1. The van der Waals surface area contributed by atoms with E-state index in [0.717, 1.165) is 18.4 Å². The van der Waals surface area contributed by atoms with Crippen molar-refractivity contribution in [3.63, 3.8) is 0 Å². The normalized spacial score (nSPS) is 13.6. The topological polar surface area (TPSA) is 39.2 Å². The summed E-state index contributed by atoms with van der Waals surface area (Å²) in [4.78, 5) is 15.8. The van der Waals surface area contributed by atoms with Crippen LogP contribution in [0.4, 0.5) is 0 Å². The SMILES string of the molecule is O=C(Cc1ccncc1)Oc1ccc2c(c1)CCCC2. The van der Waals surface area contributed by atoms with Crippen LogP contribution in [0.1, 0.15) is 29.5 Å². The third-order valence-corrected chi connectivity index (χ3v) is 3.65. The van der Waals surface area contributed by atoms with Crippen molar-refractivity contribution in [2.24, 2.45) is 0 Å². The van der Waals surface area contributed by atoms with Gasteiger partial charge < -0.3 is 4.74 Å². The number of hydrogen-bond acceptors (Lipinski definition) is 3. The third kappa shape index (κ3) is 3.05. The molecular weight excluding hydrogens is 250 g/mol. The molecule has 0 saturated carbocycles. The maximum absolute atomic E-state index is 11.9. The number of fused-ring (bicyclic) bond motifs is 1. The minimum Gasteiger partial charge on any atom is -0.426 e. The second-order valence-electron chi connectivity index (χ2n) is 5.14. The summed E-state index contributed by atoms with van der Waals surface area (Å²) in [5.74, 6) is 0.427.